The standard InChI is InChI=1S/C16H23NO/c1-13(2)16-9-6-10-17(16)12-15(18)11-14-7-4-3-5-8-14/h3-5,7-8,13,16H,6,9-12H2,1-2H3. The zero-order valence-electron chi connectivity index (χ0n) is 11.4. The minimum Gasteiger partial charge on any atom is -0.298 e. The summed E-state index contributed by atoms with van der Waals surface area (Å²) in [6.45, 7) is 6.22. The Morgan fingerprint density at radius 1 is 1.33 bits per heavy atom. The minimum absolute atomic E-state index is 0.341. The third-order valence-electron chi connectivity index (χ3n) is 3.81. The molecule has 1 heterocycles. The Bertz CT molecular complexity index is 385. The summed E-state index contributed by atoms with van der Waals surface area (Å²) in [5.74, 6) is 0.991. The van der Waals surface area contributed by atoms with E-state index in [4.69, 9.17) is 0 Å². The summed E-state index contributed by atoms with van der Waals surface area (Å²) in [6.07, 6.45) is 3.06. The third kappa shape index (κ3) is 3.42. The van der Waals surface area contributed by atoms with Crippen LogP contribution >= 0.6 is 0 Å². The highest BCUT2D eigenvalue weighted by Crippen LogP contribution is 2.23. The van der Waals surface area contributed by atoms with E-state index < -0.39 is 0 Å². The van der Waals surface area contributed by atoms with Gasteiger partial charge in [-0.25, -0.2) is 0 Å². The number of carbonyl (C=O) groups excluding carboxylic acids is 1. The highest BCUT2D eigenvalue weighted by atomic mass is 16.1. The van der Waals surface area contributed by atoms with Gasteiger partial charge in [0.1, 0.15) is 0 Å². The number of carbonyl (C=O) groups is 1. The van der Waals surface area contributed by atoms with Crippen molar-refractivity contribution in [2.45, 2.75) is 39.2 Å². The largest absolute Gasteiger partial charge is 0.298 e. The van der Waals surface area contributed by atoms with Gasteiger partial charge in [-0.15, -0.1) is 0 Å². The Kier molecular flexibility index (Phi) is 4.54. The molecule has 2 nitrogen and oxygen atoms in total. The molecular formula is C16H23NO. The lowest BCUT2D eigenvalue weighted by atomic mass is 10.0. The van der Waals surface area contributed by atoms with Crippen molar-refractivity contribution in [2.24, 2.45) is 5.92 Å². The van der Waals surface area contributed by atoms with Gasteiger partial charge in [0.2, 0.25) is 0 Å². The lowest BCUT2D eigenvalue weighted by Gasteiger charge is -2.26. The molecule has 1 saturated heterocycles. The van der Waals surface area contributed by atoms with Crippen LogP contribution in [0.2, 0.25) is 0 Å². The van der Waals surface area contributed by atoms with Crippen LogP contribution in [0.25, 0.3) is 0 Å². The summed E-state index contributed by atoms with van der Waals surface area (Å²) in [6, 6.07) is 10.6. The molecule has 1 aromatic rings. The number of hydrogen-bond donors (Lipinski definition) is 0. The van der Waals surface area contributed by atoms with E-state index in [2.05, 4.69) is 18.7 Å². The third-order valence-corrected chi connectivity index (χ3v) is 3.81. The number of benzene rings is 1. The first-order chi connectivity index (χ1) is 8.66. The van der Waals surface area contributed by atoms with E-state index >= 15 is 0 Å². The van der Waals surface area contributed by atoms with Gasteiger partial charge < -0.3 is 0 Å². The molecule has 0 radical (unpaired) electrons. The summed E-state index contributed by atoms with van der Waals surface area (Å²) in [4.78, 5) is 14.5. The SMILES string of the molecule is CC(C)C1CCCN1CC(=O)Cc1ccccc1. The van der Waals surface area contributed by atoms with E-state index in [1.807, 2.05) is 30.3 Å². The normalized spacial score (nSPS) is 20.5. The molecule has 2 rings (SSSR count). The molecule has 0 amide bonds. The predicted molar refractivity (Wildman–Crippen MR) is 74.6 cm³/mol. The lowest BCUT2D eigenvalue weighted by molar-refractivity contribution is -0.119. The quantitative estimate of drug-likeness (QED) is 0.795. The molecule has 1 aromatic carbocycles. The number of likely N-dealkylation sites (tertiary alicyclic amines) is 1. The van der Waals surface area contributed by atoms with Crippen molar-refractivity contribution < 1.29 is 4.79 Å². The topological polar surface area (TPSA) is 20.3 Å². The van der Waals surface area contributed by atoms with Gasteiger partial charge in [-0.05, 0) is 30.9 Å². The average Bonchev–Trinajstić information content (AvgIpc) is 2.78. The monoisotopic (exact) mass is 245 g/mol. The summed E-state index contributed by atoms with van der Waals surface area (Å²) >= 11 is 0. The first-order valence-corrected chi connectivity index (χ1v) is 6.96. The van der Waals surface area contributed by atoms with Gasteiger partial charge in [0.15, 0.2) is 5.78 Å². The molecule has 1 atom stereocenters. The van der Waals surface area contributed by atoms with Crippen molar-refractivity contribution in [3.63, 3.8) is 0 Å². The van der Waals surface area contributed by atoms with E-state index in [0.29, 0.717) is 30.7 Å². The van der Waals surface area contributed by atoms with Gasteiger partial charge in [0, 0.05) is 12.5 Å². The predicted octanol–water partition coefficient (Wildman–Crippen LogP) is 2.92. The molecule has 98 valence electrons. The van der Waals surface area contributed by atoms with Crippen molar-refractivity contribution in [2.75, 3.05) is 13.1 Å². The van der Waals surface area contributed by atoms with E-state index in [1.54, 1.807) is 0 Å². The van der Waals surface area contributed by atoms with E-state index in [9.17, 15) is 4.79 Å². The first kappa shape index (κ1) is 13.3. The van der Waals surface area contributed by atoms with Crippen molar-refractivity contribution in [3.8, 4) is 0 Å². The second-order valence-corrected chi connectivity index (χ2v) is 5.63. The van der Waals surface area contributed by atoms with Crippen molar-refractivity contribution in [3.05, 3.63) is 35.9 Å². The average molecular weight is 245 g/mol. The van der Waals surface area contributed by atoms with Gasteiger partial charge >= 0.3 is 0 Å². The van der Waals surface area contributed by atoms with E-state index in [-0.39, 0.29) is 0 Å². The molecule has 0 spiro atoms. The number of Topliss-reactive ketones (excluding diaryl/α,β-unsaturated/α-hetero) is 1. The van der Waals surface area contributed by atoms with E-state index in [0.717, 1.165) is 12.1 Å². The Morgan fingerprint density at radius 2 is 2.06 bits per heavy atom. The van der Waals surface area contributed by atoms with E-state index in [1.165, 1.54) is 12.8 Å². The van der Waals surface area contributed by atoms with Crippen molar-refractivity contribution >= 4 is 5.78 Å². The maximum atomic E-state index is 12.1. The molecule has 1 aliphatic heterocycles. The minimum atomic E-state index is 0.341. The number of nitrogens with zero attached hydrogens (tertiary/aromatic N) is 1. The number of hydrogen-bond acceptors (Lipinski definition) is 2. The van der Waals surface area contributed by atoms with Crippen molar-refractivity contribution in [1.29, 1.82) is 0 Å². The zero-order valence-corrected chi connectivity index (χ0v) is 11.4. The van der Waals surface area contributed by atoms with Gasteiger partial charge in [-0.1, -0.05) is 44.2 Å². The molecule has 0 saturated carbocycles. The number of rotatable bonds is 5. The maximum Gasteiger partial charge on any atom is 0.151 e. The molecule has 0 aliphatic carbocycles. The molecule has 2 heteroatoms. The second kappa shape index (κ2) is 6.14. The van der Waals surface area contributed by atoms with Crippen LogP contribution in [0, 0.1) is 5.92 Å². The zero-order chi connectivity index (χ0) is 13.0. The van der Waals surface area contributed by atoms with Gasteiger partial charge in [0.05, 0.1) is 6.54 Å². The highest BCUT2D eigenvalue weighted by Gasteiger charge is 2.28. The van der Waals surface area contributed by atoms with Gasteiger partial charge in [0.25, 0.3) is 0 Å². The highest BCUT2D eigenvalue weighted by molar-refractivity contribution is 5.82. The Labute approximate surface area is 110 Å². The van der Waals surface area contributed by atoms with Crippen LogP contribution in [-0.2, 0) is 11.2 Å². The van der Waals surface area contributed by atoms with Crippen LogP contribution in [0.15, 0.2) is 30.3 Å². The van der Waals surface area contributed by atoms with Crippen LogP contribution in [0.1, 0.15) is 32.3 Å². The molecule has 0 aromatic heterocycles. The van der Waals surface area contributed by atoms with Crippen LogP contribution in [0.4, 0.5) is 0 Å². The summed E-state index contributed by atoms with van der Waals surface area (Å²) in [7, 11) is 0. The summed E-state index contributed by atoms with van der Waals surface area (Å²) in [5.41, 5.74) is 1.13. The Hall–Kier alpha value is -1.15. The number of ketones is 1. The lowest BCUT2D eigenvalue weighted by Crippen LogP contribution is -2.37. The second-order valence-electron chi connectivity index (χ2n) is 5.63. The van der Waals surface area contributed by atoms with Crippen LogP contribution < -0.4 is 0 Å². The molecule has 1 aliphatic rings. The first-order valence-electron chi connectivity index (χ1n) is 6.96. The maximum absolute atomic E-state index is 12.1. The summed E-state index contributed by atoms with van der Waals surface area (Å²) < 4.78 is 0. The molecular weight excluding hydrogens is 222 g/mol. The fourth-order valence-corrected chi connectivity index (χ4v) is 2.91. The summed E-state index contributed by atoms with van der Waals surface area (Å²) in [5, 5.41) is 0. The van der Waals surface area contributed by atoms with Crippen LogP contribution in [-0.4, -0.2) is 29.8 Å². The molecule has 0 bridgehead atoms. The van der Waals surface area contributed by atoms with Crippen molar-refractivity contribution in [1.82, 2.24) is 4.90 Å². The molecule has 0 N–H and O–H groups in total. The fraction of sp³-hybridized carbons (Fsp3) is 0.562. The van der Waals surface area contributed by atoms with Gasteiger partial charge in [-0.3, -0.25) is 9.69 Å². The van der Waals surface area contributed by atoms with Gasteiger partial charge in [-0.2, -0.15) is 0 Å². The van der Waals surface area contributed by atoms with Crippen LogP contribution in [0.5, 0.6) is 0 Å². The molecule has 18 heavy (non-hydrogen) atoms. The fourth-order valence-electron chi connectivity index (χ4n) is 2.91. The van der Waals surface area contributed by atoms with Crippen LogP contribution in [0.3, 0.4) is 0 Å². The molecule has 1 fully saturated rings. The smallest absolute Gasteiger partial charge is 0.151 e. The Morgan fingerprint density at radius 3 is 2.72 bits per heavy atom. The Balaban J connectivity index is 1.88. The molecule has 1 unspecified atom stereocenters.